The van der Waals surface area contributed by atoms with E-state index in [9.17, 15) is 13.6 Å². The Morgan fingerprint density at radius 3 is 2.70 bits per heavy atom. The van der Waals surface area contributed by atoms with Crippen molar-refractivity contribution in [3.05, 3.63) is 77.4 Å². The number of anilines is 1. The summed E-state index contributed by atoms with van der Waals surface area (Å²) in [6, 6.07) is 5.57. The number of hydrogen-bond donors (Lipinski definition) is 1. The number of nitrogens with one attached hydrogen (secondary N) is 1. The molecule has 0 aliphatic carbocycles. The molecule has 27 heavy (non-hydrogen) atoms. The van der Waals surface area contributed by atoms with E-state index >= 15 is 0 Å². The summed E-state index contributed by atoms with van der Waals surface area (Å²) in [7, 11) is 1.23. The average Bonchev–Trinajstić information content (AvgIpc) is 3.14. The summed E-state index contributed by atoms with van der Waals surface area (Å²) in [6.07, 6.45) is 4.43. The summed E-state index contributed by atoms with van der Waals surface area (Å²) >= 11 is 0. The molecule has 0 radical (unpaired) electrons. The van der Waals surface area contributed by atoms with Crippen LogP contribution in [0.2, 0.25) is 0 Å². The summed E-state index contributed by atoms with van der Waals surface area (Å²) in [4.78, 5) is 20.8. The molecule has 3 aromatic rings. The Bertz CT molecular complexity index is 1030. The molecule has 1 aliphatic rings. The minimum absolute atomic E-state index is 0.133. The van der Waals surface area contributed by atoms with E-state index in [2.05, 4.69) is 20.4 Å². The third-order valence-corrected chi connectivity index (χ3v) is 4.15. The molecule has 9 heteroatoms. The van der Waals surface area contributed by atoms with Gasteiger partial charge in [-0.2, -0.15) is 10.1 Å². The molecular formula is C18H13F2N5O2. The highest BCUT2D eigenvalue weighted by Gasteiger charge is 2.36. The molecule has 7 nitrogen and oxygen atoms in total. The molecule has 1 unspecified atom stereocenters. The SMILES string of the molecule is COC(=O)C1=C(c2cccnc2)Nc2ncnn2C1c1cc(F)cc(F)c1. The van der Waals surface area contributed by atoms with Gasteiger partial charge in [0.1, 0.15) is 24.0 Å². The van der Waals surface area contributed by atoms with Crippen molar-refractivity contribution in [1.82, 2.24) is 19.7 Å². The number of aromatic nitrogens is 4. The lowest BCUT2D eigenvalue weighted by atomic mass is 9.93. The molecule has 136 valence electrons. The summed E-state index contributed by atoms with van der Waals surface area (Å²) < 4.78 is 34.1. The van der Waals surface area contributed by atoms with Crippen LogP contribution < -0.4 is 5.32 Å². The maximum absolute atomic E-state index is 13.9. The zero-order chi connectivity index (χ0) is 19.0. The van der Waals surface area contributed by atoms with Gasteiger partial charge in [-0.15, -0.1) is 0 Å². The number of carbonyl (C=O) groups is 1. The van der Waals surface area contributed by atoms with Gasteiger partial charge >= 0.3 is 5.97 Å². The van der Waals surface area contributed by atoms with Crippen LogP contribution in [0.4, 0.5) is 14.7 Å². The lowest BCUT2D eigenvalue weighted by Gasteiger charge is -2.29. The standard InChI is InChI=1S/C18H13F2N5O2/c1-27-17(26)14-15(10-3-2-4-21-8-10)24-18-22-9-23-25(18)16(14)11-5-12(19)7-13(20)6-11/h2-9,16H,1H3,(H,22,23,24). The molecule has 0 spiro atoms. The van der Waals surface area contributed by atoms with Gasteiger partial charge in [0.25, 0.3) is 0 Å². The average molecular weight is 369 g/mol. The number of esters is 1. The molecule has 0 fully saturated rings. The molecule has 1 aliphatic heterocycles. The highest BCUT2D eigenvalue weighted by molar-refractivity contribution is 6.02. The number of nitrogens with zero attached hydrogens (tertiary/aromatic N) is 4. The van der Waals surface area contributed by atoms with Crippen LogP contribution >= 0.6 is 0 Å². The predicted octanol–water partition coefficient (Wildman–Crippen LogP) is 2.55. The fraction of sp³-hybridized carbons (Fsp3) is 0.111. The normalized spacial score (nSPS) is 15.9. The van der Waals surface area contributed by atoms with Gasteiger partial charge in [0, 0.05) is 24.0 Å². The number of benzene rings is 1. The maximum atomic E-state index is 13.9. The second-order valence-corrected chi connectivity index (χ2v) is 5.78. The third-order valence-electron chi connectivity index (χ3n) is 4.15. The van der Waals surface area contributed by atoms with E-state index in [0.29, 0.717) is 17.2 Å². The quantitative estimate of drug-likeness (QED) is 0.715. The van der Waals surface area contributed by atoms with Gasteiger partial charge in [0.15, 0.2) is 0 Å². The van der Waals surface area contributed by atoms with Gasteiger partial charge in [-0.1, -0.05) is 0 Å². The van der Waals surface area contributed by atoms with Gasteiger partial charge in [0.2, 0.25) is 5.95 Å². The largest absolute Gasteiger partial charge is 0.466 e. The first-order valence-corrected chi connectivity index (χ1v) is 7.94. The highest BCUT2D eigenvalue weighted by Crippen LogP contribution is 2.38. The summed E-state index contributed by atoms with van der Waals surface area (Å²) in [5, 5.41) is 7.14. The predicted molar refractivity (Wildman–Crippen MR) is 91.3 cm³/mol. The molecular weight excluding hydrogens is 356 g/mol. The van der Waals surface area contributed by atoms with Gasteiger partial charge in [-0.05, 0) is 29.8 Å². The second kappa shape index (κ2) is 6.60. The topological polar surface area (TPSA) is 81.9 Å². The Morgan fingerprint density at radius 2 is 2.04 bits per heavy atom. The molecule has 0 saturated heterocycles. The van der Waals surface area contributed by atoms with Crippen LogP contribution in [0.5, 0.6) is 0 Å². The zero-order valence-corrected chi connectivity index (χ0v) is 14.1. The fourth-order valence-electron chi connectivity index (χ4n) is 3.07. The Morgan fingerprint density at radius 1 is 1.26 bits per heavy atom. The summed E-state index contributed by atoms with van der Waals surface area (Å²) in [5.74, 6) is -1.89. The van der Waals surface area contributed by atoms with Gasteiger partial charge in [-0.3, -0.25) is 4.98 Å². The number of halogens is 2. The van der Waals surface area contributed by atoms with Crippen LogP contribution in [0, 0.1) is 11.6 Å². The molecule has 1 N–H and O–H groups in total. The first kappa shape index (κ1) is 16.8. The Kier molecular flexibility index (Phi) is 4.11. The minimum Gasteiger partial charge on any atom is -0.466 e. The van der Waals surface area contributed by atoms with E-state index in [0.717, 1.165) is 18.2 Å². The van der Waals surface area contributed by atoms with E-state index in [-0.39, 0.29) is 11.1 Å². The van der Waals surface area contributed by atoms with Crippen LogP contribution in [0.3, 0.4) is 0 Å². The van der Waals surface area contributed by atoms with Crippen molar-refractivity contribution in [2.24, 2.45) is 0 Å². The monoisotopic (exact) mass is 369 g/mol. The Balaban J connectivity index is 2.00. The van der Waals surface area contributed by atoms with Crippen LogP contribution in [-0.2, 0) is 9.53 Å². The number of methoxy groups -OCH3 is 1. The highest BCUT2D eigenvalue weighted by atomic mass is 19.1. The van der Waals surface area contributed by atoms with Gasteiger partial charge in [-0.25, -0.2) is 18.3 Å². The Labute approximate surface area is 152 Å². The van der Waals surface area contributed by atoms with Crippen molar-refractivity contribution >= 4 is 17.6 Å². The van der Waals surface area contributed by atoms with Crippen LogP contribution in [0.1, 0.15) is 17.2 Å². The van der Waals surface area contributed by atoms with Crippen molar-refractivity contribution in [3.8, 4) is 0 Å². The van der Waals surface area contributed by atoms with Crippen LogP contribution in [0.15, 0.2) is 54.6 Å². The van der Waals surface area contributed by atoms with E-state index in [1.165, 1.54) is 18.1 Å². The molecule has 0 saturated carbocycles. The maximum Gasteiger partial charge on any atom is 0.338 e. The molecule has 0 bridgehead atoms. The number of carbonyl (C=O) groups excluding carboxylic acids is 1. The zero-order valence-electron chi connectivity index (χ0n) is 14.1. The molecule has 0 amide bonds. The number of ether oxygens (including phenoxy) is 1. The number of pyridine rings is 1. The van der Waals surface area contributed by atoms with Crippen LogP contribution in [0.25, 0.3) is 5.70 Å². The van der Waals surface area contributed by atoms with E-state index in [1.54, 1.807) is 24.5 Å². The number of fused-ring (bicyclic) bond motifs is 1. The fourth-order valence-corrected chi connectivity index (χ4v) is 3.07. The Hall–Kier alpha value is -3.62. The number of rotatable bonds is 3. The van der Waals surface area contributed by atoms with Crippen molar-refractivity contribution in [3.63, 3.8) is 0 Å². The van der Waals surface area contributed by atoms with Crippen molar-refractivity contribution in [2.45, 2.75) is 6.04 Å². The molecule has 4 rings (SSSR count). The van der Waals surface area contributed by atoms with E-state index < -0.39 is 23.6 Å². The summed E-state index contributed by atoms with van der Waals surface area (Å²) in [5.41, 5.74) is 1.30. The van der Waals surface area contributed by atoms with Crippen molar-refractivity contribution in [2.75, 3.05) is 12.4 Å². The molecule has 2 aromatic heterocycles. The third kappa shape index (κ3) is 2.92. The van der Waals surface area contributed by atoms with Gasteiger partial charge < -0.3 is 10.1 Å². The lowest BCUT2D eigenvalue weighted by molar-refractivity contribution is -0.136. The number of hydrogen-bond acceptors (Lipinski definition) is 6. The smallest absolute Gasteiger partial charge is 0.338 e. The molecule has 3 heterocycles. The molecule has 1 atom stereocenters. The van der Waals surface area contributed by atoms with Crippen molar-refractivity contribution < 1.29 is 18.3 Å². The van der Waals surface area contributed by atoms with Crippen molar-refractivity contribution in [1.29, 1.82) is 0 Å². The van der Waals surface area contributed by atoms with E-state index in [4.69, 9.17) is 4.74 Å². The minimum atomic E-state index is -0.934. The summed E-state index contributed by atoms with van der Waals surface area (Å²) in [6.45, 7) is 0. The van der Waals surface area contributed by atoms with Gasteiger partial charge in [0.05, 0.1) is 18.4 Å². The second-order valence-electron chi connectivity index (χ2n) is 5.78. The molecule has 1 aromatic carbocycles. The van der Waals surface area contributed by atoms with E-state index in [1.807, 2.05) is 0 Å². The first-order chi connectivity index (χ1) is 13.1. The first-order valence-electron chi connectivity index (χ1n) is 7.94. The van der Waals surface area contributed by atoms with Crippen LogP contribution in [-0.4, -0.2) is 32.8 Å². The lowest BCUT2D eigenvalue weighted by Crippen LogP contribution is -2.29.